The van der Waals surface area contributed by atoms with Crippen LogP contribution in [0.25, 0.3) is 11.0 Å². The molecule has 0 amide bonds. The Morgan fingerprint density at radius 3 is 2.82 bits per heavy atom. The zero-order valence-electron chi connectivity index (χ0n) is 11.2. The van der Waals surface area contributed by atoms with E-state index in [1.807, 2.05) is 17.6 Å². The first-order valence-electron chi connectivity index (χ1n) is 6.35. The normalized spacial score (nSPS) is 10.5. The molecule has 22 heavy (non-hydrogen) atoms. The number of halogens is 1. The molecule has 2 aromatic heterocycles. The van der Waals surface area contributed by atoms with Crippen LogP contribution in [-0.4, -0.2) is 55.2 Å². The maximum atomic E-state index is 14.0. The summed E-state index contributed by atoms with van der Waals surface area (Å²) in [5.41, 5.74) is 1.97. The summed E-state index contributed by atoms with van der Waals surface area (Å²) >= 11 is 0. The van der Waals surface area contributed by atoms with Crippen molar-refractivity contribution in [3.63, 3.8) is 0 Å². The molecule has 0 aliphatic carbocycles. The van der Waals surface area contributed by atoms with E-state index < -0.39 is 11.8 Å². The van der Waals surface area contributed by atoms with Gasteiger partial charge in [-0.1, -0.05) is 6.07 Å². The molecule has 0 atom stereocenters. The van der Waals surface area contributed by atoms with E-state index in [9.17, 15) is 9.18 Å². The topological polar surface area (TPSA) is 68.0 Å². The Hall–Kier alpha value is -1.76. The van der Waals surface area contributed by atoms with Crippen molar-refractivity contribution >= 4 is 46.6 Å². The van der Waals surface area contributed by atoms with Gasteiger partial charge in [-0.2, -0.15) is 0 Å². The number of hydrogen-bond acceptors (Lipinski definition) is 3. The van der Waals surface area contributed by atoms with Crippen LogP contribution < -0.4 is 0 Å². The van der Waals surface area contributed by atoms with Crippen LogP contribution in [0, 0.1) is 12.7 Å². The third-order valence-electron chi connectivity index (χ3n) is 3.37. The second-order valence-electron chi connectivity index (χ2n) is 4.72. The van der Waals surface area contributed by atoms with Gasteiger partial charge in [-0.05, 0) is 25.1 Å². The van der Waals surface area contributed by atoms with E-state index in [4.69, 9.17) is 5.11 Å². The zero-order chi connectivity index (χ0) is 15.0. The van der Waals surface area contributed by atoms with Gasteiger partial charge in [0.25, 0.3) is 0 Å². The average molecular weight is 309 g/mol. The molecule has 0 unspecified atom stereocenters. The van der Waals surface area contributed by atoms with E-state index in [1.54, 1.807) is 12.4 Å². The van der Waals surface area contributed by atoms with Crippen LogP contribution in [0.15, 0.2) is 36.7 Å². The van der Waals surface area contributed by atoms with Crippen LogP contribution in [0.4, 0.5) is 4.39 Å². The summed E-state index contributed by atoms with van der Waals surface area (Å²) in [5, 5.41) is 8.85. The molecular formula is C15H13FN3NaO2. The number of aromatic nitrogens is 3. The van der Waals surface area contributed by atoms with Gasteiger partial charge in [0, 0.05) is 11.8 Å². The average Bonchev–Trinajstić information content (AvgIpc) is 2.77. The maximum absolute atomic E-state index is 14.0. The van der Waals surface area contributed by atoms with Gasteiger partial charge < -0.3 is 9.67 Å². The SMILES string of the molecule is Cc1nc2cnccc2n1Cc1ccc(C(=O)O)cc1F.[NaH]. The van der Waals surface area contributed by atoms with Crippen molar-refractivity contribution < 1.29 is 14.3 Å². The first-order chi connectivity index (χ1) is 10.1. The van der Waals surface area contributed by atoms with Gasteiger partial charge in [0.15, 0.2) is 0 Å². The second kappa shape index (κ2) is 6.56. The molecule has 0 saturated carbocycles. The Morgan fingerprint density at radius 1 is 1.36 bits per heavy atom. The first-order valence-corrected chi connectivity index (χ1v) is 6.35. The van der Waals surface area contributed by atoms with Gasteiger partial charge in [-0.25, -0.2) is 14.2 Å². The molecule has 3 rings (SSSR count). The van der Waals surface area contributed by atoms with Gasteiger partial charge in [-0.15, -0.1) is 0 Å². The monoisotopic (exact) mass is 309 g/mol. The predicted octanol–water partition coefficient (Wildman–Crippen LogP) is 1.98. The van der Waals surface area contributed by atoms with E-state index in [0.29, 0.717) is 5.56 Å². The van der Waals surface area contributed by atoms with E-state index in [1.165, 1.54) is 12.1 Å². The van der Waals surface area contributed by atoms with Crippen LogP contribution in [0.2, 0.25) is 0 Å². The number of pyridine rings is 1. The number of aryl methyl sites for hydroxylation is 1. The fraction of sp³-hybridized carbons (Fsp3) is 0.133. The number of carbonyl (C=O) groups is 1. The van der Waals surface area contributed by atoms with Crippen LogP contribution in [-0.2, 0) is 6.54 Å². The number of benzene rings is 1. The number of aromatic carboxylic acids is 1. The molecule has 3 aromatic rings. The number of hydrogen-bond donors (Lipinski definition) is 1. The minimum atomic E-state index is -1.14. The van der Waals surface area contributed by atoms with Crippen molar-refractivity contribution in [1.82, 2.24) is 14.5 Å². The van der Waals surface area contributed by atoms with Gasteiger partial charge in [0.1, 0.15) is 17.2 Å². The molecule has 0 saturated heterocycles. The molecule has 2 heterocycles. The van der Waals surface area contributed by atoms with Crippen LogP contribution in [0.1, 0.15) is 21.7 Å². The Morgan fingerprint density at radius 2 is 2.14 bits per heavy atom. The van der Waals surface area contributed by atoms with Crippen LogP contribution in [0.5, 0.6) is 0 Å². The van der Waals surface area contributed by atoms with Gasteiger partial charge >= 0.3 is 35.5 Å². The van der Waals surface area contributed by atoms with Crippen molar-refractivity contribution in [2.45, 2.75) is 13.5 Å². The molecule has 0 aliphatic rings. The Bertz CT molecular complexity index is 848. The van der Waals surface area contributed by atoms with E-state index in [-0.39, 0.29) is 41.7 Å². The predicted molar refractivity (Wildman–Crippen MR) is 81.9 cm³/mol. The zero-order valence-corrected chi connectivity index (χ0v) is 11.2. The standard InChI is InChI=1S/C15H12FN3O2.Na.H/c1-9-18-13-7-17-5-4-14(13)19(9)8-11-3-2-10(15(20)21)6-12(11)16;;/h2-7H,8H2,1H3,(H,20,21);;. The molecule has 0 spiro atoms. The Kier molecular flexibility index (Phi) is 4.95. The van der Waals surface area contributed by atoms with Crippen molar-refractivity contribution in [2.24, 2.45) is 0 Å². The number of carboxylic acid groups (broad SMARTS) is 1. The summed E-state index contributed by atoms with van der Waals surface area (Å²) in [6, 6.07) is 5.74. The van der Waals surface area contributed by atoms with Crippen molar-refractivity contribution in [3.05, 3.63) is 59.4 Å². The first kappa shape index (κ1) is 16.6. The third-order valence-corrected chi connectivity index (χ3v) is 3.37. The molecule has 108 valence electrons. The molecule has 0 aliphatic heterocycles. The second-order valence-corrected chi connectivity index (χ2v) is 4.72. The van der Waals surface area contributed by atoms with Gasteiger partial charge in [-0.3, -0.25) is 4.98 Å². The Balaban J connectivity index is 0.00000176. The van der Waals surface area contributed by atoms with Gasteiger partial charge in [0.05, 0.1) is 23.8 Å². The molecule has 0 bridgehead atoms. The summed E-state index contributed by atoms with van der Waals surface area (Å²) in [7, 11) is 0. The minimum absolute atomic E-state index is 0. The number of imidazole rings is 1. The summed E-state index contributed by atoms with van der Waals surface area (Å²) in [6.45, 7) is 2.13. The number of fused-ring (bicyclic) bond motifs is 1. The Labute approximate surface area is 148 Å². The quantitative estimate of drug-likeness (QED) is 0.751. The molecule has 5 nitrogen and oxygen atoms in total. The summed E-state index contributed by atoms with van der Waals surface area (Å²) in [5.74, 6) is -0.930. The molecule has 1 aromatic carbocycles. The third kappa shape index (κ3) is 3.04. The van der Waals surface area contributed by atoms with Crippen molar-refractivity contribution in [2.75, 3.05) is 0 Å². The van der Waals surface area contributed by atoms with E-state index >= 15 is 0 Å². The van der Waals surface area contributed by atoms with E-state index in [2.05, 4.69) is 9.97 Å². The molecule has 0 radical (unpaired) electrons. The summed E-state index contributed by atoms with van der Waals surface area (Å²) in [4.78, 5) is 19.2. The number of nitrogens with zero attached hydrogens (tertiary/aromatic N) is 3. The van der Waals surface area contributed by atoms with Gasteiger partial charge in [0.2, 0.25) is 0 Å². The fourth-order valence-electron chi connectivity index (χ4n) is 2.28. The van der Waals surface area contributed by atoms with Crippen molar-refractivity contribution in [1.29, 1.82) is 0 Å². The number of carboxylic acids is 1. The molecular weight excluding hydrogens is 296 g/mol. The molecule has 0 fully saturated rings. The molecule has 1 N–H and O–H groups in total. The summed E-state index contributed by atoms with van der Waals surface area (Å²) in [6.07, 6.45) is 3.31. The number of rotatable bonds is 3. The van der Waals surface area contributed by atoms with Crippen LogP contribution in [0.3, 0.4) is 0 Å². The molecule has 7 heteroatoms. The van der Waals surface area contributed by atoms with Crippen molar-refractivity contribution in [3.8, 4) is 0 Å². The fourth-order valence-corrected chi connectivity index (χ4v) is 2.28. The van der Waals surface area contributed by atoms with Crippen LogP contribution >= 0.6 is 0 Å². The summed E-state index contributed by atoms with van der Waals surface area (Å²) < 4.78 is 15.9. The van der Waals surface area contributed by atoms with E-state index in [0.717, 1.165) is 22.9 Å².